The van der Waals surface area contributed by atoms with Crippen LogP contribution in [0, 0.1) is 5.41 Å². The van der Waals surface area contributed by atoms with Crippen LogP contribution in [0.4, 0.5) is 0 Å². The fourth-order valence-corrected chi connectivity index (χ4v) is 3.45. The fraction of sp³-hybridized carbons (Fsp3) is 1.00. The summed E-state index contributed by atoms with van der Waals surface area (Å²) in [5.41, 5.74) is 0.401. The molecule has 0 spiro atoms. The summed E-state index contributed by atoms with van der Waals surface area (Å²) in [6, 6.07) is 1.87. The van der Waals surface area contributed by atoms with Gasteiger partial charge in [0.05, 0.1) is 6.61 Å². The standard InChI is InChI=1S/C15H32N2O/c1-7-12(2)17(10-11-18-6)13-8-9-15(3,4)14(13)16-5/h12-14,16H,7-11H2,1-6H3. The van der Waals surface area contributed by atoms with Crippen LogP contribution in [-0.2, 0) is 4.74 Å². The van der Waals surface area contributed by atoms with Crippen molar-refractivity contribution < 1.29 is 4.74 Å². The number of rotatable bonds is 7. The first-order valence-corrected chi connectivity index (χ1v) is 7.39. The molecule has 1 aliphatic carbocycles. The molecule has 1 saturated carbocycles. The molecule has 108 valence electrons. The molecular weight excluding hydrogens is 224 g/mol. The fourth-order valence-electron chi connectivity index (χ4n) is 3.45. The summed E-state index contributed by atoms with van der Waals surface area (Å²) in [5, 5.41) is 3.56. The van der Waals surface area contributed by atoms with E-state index in [1.165, 1.54) is 19.3 Å². The number of likely N-dealkylation sites (N-methyl/N-ethyl adjacent to an activating group) is 1. The van der Waals surface area contributed by atoms with Gasteiger partial charge in [-0.2, -0.15) is 0 Å². The van der Waals surface area contributed by atoms with E-state index < -0.39 is 0 Å². The van der Waals surface area contributed by atoms with Crippen LogP contribution in [0.3, 0.4) is 0 Å². The zero-order chi connectivity index (χ0) is 13.8. The van der Waals surface area contributed by atoms with Gasteiger partial charge in [0.2, 0.25) is 0 Å². The second-order valence-electron chi connectivity index (χ2n) is 6.35. The maximum absolute atomic E-state index is 5.29. The van der Waals surface area contributed by atoms with Crippen LogP contribution < -0.4 is 5.32 Å². The van der Waals surface area contributed by atoms with Crippen molar-refractivity contribution in [3.63, 3.8) is 0 Å². The number of hydrogen-bond acceptors (Lipinski definition) is 3. The SMILES string of the molecule is CCC(C)N(CCOC)C1CCC(C)(C)C1NC. The normalized spacial score (nSPS) is 28.8. The molecule has 3 atom stereocenters. The van der Waals surface area contributed by atoms with E-state index in [1.807, 2.05) is 0 Å². The minimum Gasteiger partial charge on any atom is -0.383 e. The highest BCUT2D eigenvalue weighted by molar-refractivity contribution is 5.01. The van der Waals surface area contributed by atoms with Crippen LogP contribution in [-0.4, -0.2) is 50.3 Å². The highest BCUT2D eigenvalue weighted by Crippen LogP contribution is 2.40. The van der Waals surface area contributed by atoms with Crippen LogP contribution in [0.15, 0.2) is 0 Å². The third-order valence-corrected chi connectivity index (χ3v) is 4.76. The van der Waals surface area contributed by atoms with E-state index in [-0.39, 0.29) is 0 Å². The predicted octanol–water partition coefficient (Wildman–Crippen LogP) is 2.51. The number of ether oxygens (including phenoxy) is 1. The molecule has 0 bridgehead atoms. The van der Waals surface area contributed by atoms with E-state index in [0.717, 1.165) is 13.2 Å². The molecular formula is C15H32N2O. The first kappa shape index (κ1) is 15.9. The van der Waals surface area contributed by atoms with Crippen molar-refractivity contribution in [2.75, 3.05) is 27.3 Å². The van der Waals surface area contributed by atoms with Crippen molar-refractivity contribution in [1.82, 2.24) is 10.2 Å². The maximum Gasteiger partial charge on any atom is 0.0589 e. The Hall–Kier alpha value is -0.120. The van der Waals surface area contributed by atoms with Crippen LogP contribution in [0.1, 0.15) is 47.0 Å². The Morgan fingerprint density at radius 1 is 1.44 bits per heavy atom. The summed E-state index contributed by atoms with van der Waals surface area (Å²) in [4.78, 5) is 2.65. The average molecular weight is 256 g/mol. The van der Waals surface area contributed by atoms with Crippen LogP contribution in [0.25, 0.3) is 0 Å². The zero-order valence-corrected chi connectivity index (χ0v) is 13.1. The molecule has 0 radical (unpaired) electrons. The van der Waals surface area contributed by atoms with Gasteiger partial charge < -0.3 is 10.1 Å². The van der Waals surface area contributed by atoms with Gasteiger partial charge >= 0.3 is 0 Å². The molecule has 3 unspecified atom stereocenters. The second kappa shape index (κ2) is 6.88. The van der Waals surface area contributed by atoms with E-state index in [0.29, 0.717) is 23.5 Å². The van der Waals surface area contributed by atoms with Gasteiger partial charge in [0.25, 0.3) is 0 Å². The molecule has 18 heavy (non-hydrogen) atoms. The van der Waals surface area contributed by atoms with E-state index in [4.69, 9.17) is 4.74 Å². The Morgan fingerprint density at radius 2 is 2.11 bits per heavy atom. The quantitative estimate of drug-likeness (QED) is 0.757. The summed E-state index contributed by atoms with van der Waals surface area (Å²) in [7, 11) is 3.90. The maximum atomic E-state index is 5.29. The highest BCUT2D eigenvalue weighted by atomic mass is 16.5. The van der Waals surface area contributed by atoms with Crippen molar-refractivity contribution in [3.05, 3.63) is 0 Å². The summed E-state index contributed by atoms with van der Waals surface area (Å²) in [5.74, 6) is 0. The lowest BCUT2D eigenvalue weighted by Crippen LogP contribution is -2.54. The highest BCUT2D eigenvalue weighted by Gasteiger charge is 2.44. The Kier molecular flexibility index (Phi) is 6.09. The van der Waals surface area contributed by atoms with Gasteiger partial charge in [-0.05, 0) is 38.6 Å². The number of nitrogens with zero attached hydrogens (tertiary/aromatic N) is 1. The molecule has 0 heterocycles. The molecule has 3 nitrogen and oxygen atoms in total. The molecule has 0 amide bonds. The first-order valence-electron chi connectivity index (χ1n) is 7.39. The third kappa shape index (κ3) is 3.46. The van der Waals surface area contributed by atoms with Gasteiger partial charge in [0, 0.05) is 31.8 Å². The molecule has 0 aromatic heterocycles. The van der Waals surface area contributed by atoms with E-state index in [9.17, 15) is 0 Å². The Labute approximate surface area is 113 Å². The number of methoxy groups -OCH3 is 1. The van der Waals surface area contributed by atoms with Crippen molar-refractivity contribution >= 4 is 0 Å². The van der Waals surface area contributed by atoms with E-state index in [2.05, 4.69) is 45.0 Å². The summed E-state index contributed by atoms with van der Waals surface area (Å²) in [6.07, 6.45) is 3.81. The van der Waals surface area contributed by atoms with Gasteiger partial charge in [0.15, 0.2) is 0 Å². The molecule has 1 fully saturated rings. The van der Waals surface area contributed by atoms with Crippen molar-refractivity contribution in [1.29, 1.82) is 0 Å². The topological polar surface area (TPSA) is 24.5 Å². The zero-order valence-electron chi connectivity index (χ0n) is 13.1. The van der Waals surface area contributed by atoms with Crippen molar-refractivity contribution in [3.8, 4) is 0 Å². The monoisotopic (exact) mass is 256 g/mol. The van der Waals surface area contributed by atoms with Crippen LogP contribution in [0.5, 0.6) is 0 Å². The Bertz CT molecular complexity index is 243. The predicted molar refractivity (Wildman–Crippen MR) is 78.0 cm³/mol. The summed E-state index contributed by atoms with van der Waals surface area (Å²) < 4.78 is 5.29. The number of nitrogens with one attached hydrogen (secondary N) is 1. The third-order valence-electron chi connectivity index (χ3n) is 4.76. The molecule has 0 aromatic rings. The van der Waals surface area contributed by atoms with Gasteiger partial charge in [-0.15, -0.1) is 0 Å². The minimum atomic E-state index is 0.401. The van der Waals surface area contributed by atoms with Crippen molar-refractivity contribution in [2.24, 2.45) is 5.41 Å². The molecule has 0 aliphatic heterocycles. The lowest BCUT2D eigenvalue weighted by Gasteiger charge is -2.40. The van der Waals surface area contributed by atoms with Crippen molar-refractivity contribution in [2.45, 2.75) is 65.1 Å². The molecule has 1 aliphatic rings. The lowest BCUT2D eigenvalue weighted by molar-refractivity contribution is 0.0704. The van der Waals surface area contributed by atoms with Gasteiger partial charge in [0.1, 0.15) is 0 Å². The first-order chi connectivity index (χ1) is 8.47. The number of hydrogen-bond donors (Lipinski definition) is 1. The summed E-state index contributed by atoms with van der Waals surface area (Å²) in [6.45, 7) is 11.3. The molecule has 0 saturated heterocycles. The minimum absolute atomic E-state index is 0.401. The van der Waals surface area contributed by atoms with Crippen LogP contribution >= 0.6 is 0 Å². The van der Waals surface area contributed by atoms with E-state index in [1.54, 1.807) is 7.11 Å². The molecule has 1 rings (SSSR count). The van der Waals surface area contributed by atoms with Gasteiger partial charge in [-0.25, -0.2) is 0 Å². The molecule has 1 N–H and O–H groups in total. The average Bonchev–Trinajstić information content (AvgIpc) is 2.64. The summed E-state index contributed by atoms with van der Waals surface area (Å²) >= 11 is 0. The smallest absolute Gasteiger partial charge is 0.0589 e. The van der Waals surface area contributed by atoms with Crippen LogP contribution in [0.2, 0.25) is 0 Å². The molecule has 0 aromatic carbocycles. The Balaban J connectivity index is 2.78. The largest absolute Gasteiger partial charge is 0.383 e. The Morgan fingerprint density at radius 3 is 2.61 bits per heavy atom. The van der Waals surface area contributed by atoms with E-state index >= 15 is 0 Å². The van der Waals surface area contributed by atoms with Gasteiger partial charge in [-0.3, -0.25) is 4.90 Å². The molecule has 3 heteroatoms. The second-order valence-corrected chi connectivity index (χ2v) is 6.35. The van der Waals surface area contributed by atoms with Gasteiger partial charge in [-0.1, -0.05) is 20.8 Å². The lowest BCUT2D eigenvalue weighted by atomic mass is 9.86.